The predicted octanol–water partition coefficient (Wildman–Crippen LogP) is 5.29. The number of carbonyl (C=O) groups excluding carboxylic acids is 2. The van der Waals surface area contributed by atoms with Crippen LogP contribution in [-0.2, 0) is 16.1 Å². The summed E-state index contributed by atoms with van der Waals surface area (Å²) in [4.78, 5) is 36.3. The molecule has 2 rings (SSSR count). The molecular weight excluding hydrogens is 602 g/mol. The first-order chi connectivity index (χ1) is 13.6. The van der Waals surface area contributed by atoms with Gasteiger partial charge in [-0.1, -0.05) is 19.1 Å². The molecule has 0 aromatic heterocycles. The van der Waals surface area contributed by atoms with Gasteiger partial charge in [0.1, 0.15) is 6.61 Å². The molecule has 6 nitrogen and oxygen atoms in total. The molecular formula is C21H20I2O6. The largest absolute Gasteiger partial charge is 0.478 e. The zero-order chi connectivity index (χ0) is 21.8. The Morgan fingerprint density at radius 2 is 1.69 bits per heavy atom. The lowest BCUT2D eigenvalue weighted by atomic mass is 9.91. The Kier molecular flexibility index (Phi) is 8.03. The molecule has 0 aliphatic carbocycles. The molecule has 0 aliphatic rings. The second kappa shape index (κ2) is 9.88. The van der Waals surface area contributed by atoms with Gasteiger partial charge >= 0.3 is 17.9 Å². The number of halogens is 2. The van der Waals surface area contributed by atoms with Gasteiger partial charge in [0, 0.05) is 9.13 Å². The van der Waals surface area contributed by atoms with Crippen molar-refractivity contribution < 1.29 is 29.0 Å². The molecule has 154 valence electrons. The minimum absolute atomic E-state index is 0.0361. The van der Waals surface area contributed by atoms with E-state index in [-0.39, 0.29) is 23.7 Å². The Morgan fingerprint density at radius 1 is 1.07 bits per heavy atom. The number of rotatable bonds is 7. The van der Waals surface area contributed by atoms with E-state index in [1.807, 2.05) is 13.0 Å². The standard InChI is InChI=1S/C21H20I2O6/c1-4-21(2,3)20(27)29-17-12(9-13(22)10-16(17)23)11-28-19(26)15-8-6-5-7-14(15)18(24)25/h5-10H,4,11H2,1-3H3,(H,24,25). The van der Waals surface area contributed by atoms with Crippen LogP contribution in [0.2, 0.25) is 0 Å². The zero-order valence-electron chi connectivity index (χ0n) is 16.1. The lowest BCUT2D eigenvalue weighted by Gasteiger charge is -2.22. The topological polar surface area (TPSA) is 89.9 Å². The third-order valence-electron chi connectivity index (χ3n) is 4.45. The molecule has 0 bridgehead atoms. The van der Waals surface area contributed by atoms with E-state index >= 15 is 0 Å². The monoisotopic (exact) mass is 622 g/mol. The number of carboxylic acids is 1. The van der Waals surface area contributed by atoms with Gasteiger partial charge in [0.15, 0.2) is 5.75 Å². The number of carbonyl (C=O) groups is 3. The SMILES string of the molecule is CCC(C)(C)C(=O)Oc1c(I)cc(I)cc1COC(=O)c1ccccc1C(=O)O. The van der Waals surface area contributed by atoms with Crippen molar-refractivity contribution in [2.45, 2.75) is 33.8 Å². The highest BCUT2D eigenvalue weighted by Gasteiger charge is 2.29. The van der Waals surface area contributed by atoms with Crippen LogP contribution in [-0.4, -0.2) is 23.0 Å². The minimum atomic E-state index is -1.21. The average molecular weight is 622 g/mol. The van der Waals surface area contributed by atoms with Crippen molar-refractivity contribution in [2.24, 2.45) is 5.41 Å². The summed E-state index contributed by atoms with van der Waals surface area (Å²) >= 11 is 4.19. The predicted molar refractivity (Wildman–Crippen MR) is 124 cm³/mol. The van der Waals surface area contributed by atoms with Crippen LogP contribution in [0.15, 0.2) is 36.4 Å². The van der Waals surface area contributed by atoms with Gasteiger partial charge in [-0.3, -0.25) is 4.79 Å². The molecule has 29 heavy (non-hydrogen) atoms. The molecule has 0 atom stereocenters. The van der Waals surface area contributed by atoms with Crippen molar-refractivity contribution >= 4 is 63.1 Å². The van der Waals surface area contributed by atoms with Crippen LogP contribution in [0.1, 0.15) is 53.5 Å². The first-order valence-electron chi connectivity index (χ1n) is 8.76. The molecule has 0 fully saturated rings. The molecule has 0 radical (unpaired) electrons. The van der Waals surface area contributed by atoms with Crippen molar-refractivity contribution in [1.29, 1.82) is 0 Å². The molecule has 0 heterocycles. The van der Waals surface area contributed by atoms with Gasteiger partial charge in [0.25, 0.3) is 0 Å². The lowest BCUT2D eigenvalue weighted by Crippen LogP contribution is -2.29. The van der Waals surface area contributed by atoms with Gasteiger partial charge in [-0.25, -0.2) is 9.59 Å². The number of hydrogen-bond acceptors (Lipinski definition) is 5. The van der Waals surface area contributed by atoms with Gasteiger partial charge in [-0.15, -0.1) is 0 Å². The molecule has 2 aromatic carbocycles. The Bertz CT molecular complexity index is 952. The fourth-order valence-electron chi connectivity index (χ4n) is 2.28. The summed E-state index contributed by atoms with van der Waals surface area (Å²) in [7, 11) is 0. The lowest BCUT2D eigenvalue weighted by molar-refractivity contribution is -0.144. The van der Waals surface area contributed by atoms with Gasteiger partial charge in [-0.2, -0.15) is 0 Å². The van der Waals surface area contributed by atoms with Crippen molar-refractivity contribution in [3.63, 3.8) is 0 Å². The summed E-state index contributed by atoms with van der Waals surface area (Å²) in [5.74, 6) is -2.00. The van der Waals surface area contributed by atoms with E-state index in [4.69, 9.17) is 9.47 Å². The zero-order valence-corrected chi connectivity index (χ0v) is 20.4. The van der Waals surface area contributed by atoms with Crippen LogP contribution in [0.4, 0.5) is 0 Å². The van der Waals surface area contributed by atoms with Gasteiger partial charge < -0.3 is 14.6 Å². The smallest absolute Gasteiger partial charge is 0.339 e. The maximum atomic E-state index is 12.5. The number of hydrogen-bond donors (Lipinski definition) is 1. The van der Waals surface area contributed by atoms with Crippen LogP contribution < -0.4 is 4.74 Å². The molecule has 0 saturated carbocycles. The van der Waals surface area contributed by atoms with Gasteiger partial charge in [0.2, 0.25) is 0 Å². The third kappa shape index (κ3) is 5.91. The highest BCUT2D eigenvalue weighted by Crippen LogP contribution is 2.32. The van der Waals surface area contributed by atoms with Crippen molar-refractivity contribution in [1.82, 2.24) is 0 Å². The van der Waals surface area contributed by atoms with Crippen LogP contribution in [0.25, 0.3) is 0 Å². The van der Waals surface area contributed by atoms with Crippen molar-refractivity contribution in [2.75, 3.05) is 0 Å². The van der Waals surface area contributed by atoms with Crippen LogP contribution in [0.3, 0.4) is 0 Å². The van der Waals surface area contributed by atoms with Gasteiger partial charge in [-0.05, 0) is 89.7 Å². The van der Waals surface area contributed by atoms with Crippen molar-refractivity contribution in [3.05, 3.63) is 60.2 Å². The first-order valence-corrected chi connectivity index (χ1v) is 10.9. The molecule has 0 aliphatic heterocycles. The molecule has 2 aromatic rings. The summed E-state index contributed by atoms with van der Waals surface area (Å²) in [6, 6.07) is 9.46. The van der Waals surface area contributed by atoms with E-state index in [9.17, 15) is 19.5 Å². The quantitative estimate of drug-likeness (QED) is 0.257. The first kappa shape index (κ1) is 23.6. The Balaban J connectivity index is 2.28. The normalized spacial score (nSPS) is 11.1. The highest BCUT2D eigenvalue weighted by atomic mass is 127. The molecule has 0 amide bonds. The molecule has 0 unspecified atom stereocenters. The van der Waals surface area contributed by atoms with E-state index < -0.39 is 17.4 Å². The molecule has 1 N–H and O–H groups in total. The summed E-state index contributed by atoms with van der Waals surface area (Å²) in [6.07, 6.45) is 0.614. The Labute approximate surface area is 196 Å². The van der Waals surface area contributed by atoms with E-state index in [0.717, 1.165) is 3.57 Å². The summed E-state index contributed by atoms with van der Waals surface area (Å²) in [5, 5.41) is 9.25. The second-order valence-electron chi connectivity index (χ2n) is 6.93. The molecule has 8 heteroatoms. The minimum Gasteiger partial charge on any atom is -0.478 e. The second-order valence-corrected chi connectivity index (χ2v) is 9.34. The van der Waals surface area contributed by atoms with Crippen LogP contribution in [0.5, 0.6) is 5.75 Å². The summed E-state index contributed by atoms with van der Waals surface area (Å²) < 4.78 is 12.6. The van der Waals surface area contributed by atoms with Crippen LogP contribution in [0, 0.1) is 12.6 Å². The number of benzene rings is 2. The Morgan fingerprint density at radius 3 is 2.28 bits per heavy atom. The number of aromatic carboxylic acids is 1. The van der Waals surface area contributed by atoms with Crippen LogP contribution >= 0.6 is 45.2 Å². The molecule has 0 spiro atoms. The van der Waals surface area contributed by atoms with E-state index in [2.05, 4.69) is 45.2 Å². The molecule has 0 saturated heterocycles. The third-order valence-corrected chi connectivity index (χ3v) is 5.88. The summed E-state index contributed by atoms with van der Waals surface area (Å²) in [6.45, 7) is 5.35. The summed E-state index contributed by atoms with van der Waals surface area (Å²) in [5.41, 5.74) is -0.291. The van der Waals surface area contributed by atoms with E-state index in [1.165, 1.54) is 18.2 Å². The fourth-order valence-corrected chi connectivity index (χ4v) is 4.35. The Hall–Kier alpha value is -1.69. The van der Waals surface area contributed by atoms with E-state index in [1.54, 1.807) is 26.0 Å². The average Bonchev–Trinajstić information content (AvgIpc) is 2.67. The number of esters is 2. The fraction of sp³-hybridized carbons (Fsp3) is 0.286. The number of ether oxygens (including phenoxy) is 2. The highest BCUT2D eigenvalue weighted by molar-refractivity contribution is 14.1. The van der Waals surface area contributed by atoms with Crippen molar-refractivity contribution in [3.8, 4) is 5.75 Å². The number of carboxylic acid groups (broad SMARTS) is 1. The van der Waals surface area contributed by atoms with Gasteiger partial charge in [0.05, 0.1) is 20.1 Å². The maximum Gasteiger partial charge on any atom is 0.339 e. The van der Waals surface area contributed by atoms with E-state index in [0.29, 0.717) is 21.3 Å². The maximum absolute atomic E-state index is 12.5.